The fraction of sp³-hybridized carbons (Fsp3) is 0.0769. The summed E-state index contributed by atoms with van der Waals surface area (Å²) in [5, 5.41) is 9.27. The Balaban J connectivity index is 2.07. The van der Waals surface area contributed by atoms with Gasteiger partial charge in [0, 0.05) is 5.56 Å². The minimum Gasteiger partial charge on any atom is -0.392 e. The number of hydrogen-bond acceptors (Lipinski definition) is 6. The van der Waals surface area contributed by atoms with Gasteiger partial charge in [-0.25, -0.2) is 8.42 Å². The summed E-state index contributed by atoms with van der Waals surface area (Å²) in [6.07, 6.45) is 0. The van der Waals surface area contributed by atoms with Crippen molar-refractivity contribution in [1.82, 2.24) is 8.75 Å². The molecule has 0 aliphatic carbocycles. The van der Waals surface area contributed by atoms with Gasteiger partial charge in [-0.05, 0) is 18.2 Å². The number of anilines is 1. The molecule has 0 aliphatic rings. The number of fused-ring (bicyclic) bond motifs is 1. The van der Waals surface area contributed by atoms with Gasteiger partial charge in [0.25, 0.3) is 10.0 Å². The maximum atomic E-state index is 12.5. The topological polar surface area (TPSA) is 92.2 Å². The van der Waals surface area contributed by atoms with E-state index in [1.54, 1.807) is 36.4 Å². The molecule has 1 heterocycles. The Kier molecular flexibility index (Phi) is 3.58. The number of hydrogen-bond donors (Lipinski definition) is 2. The Hall–Kier alpha value is -2.03. The predicted octanol–water partition coefficient (Wildman–Crippen LogP) is 1.98. The van der Waals surface area contributed by atoms with Crippen LogP contribution in [0.2, 0.25) is 0 Å². The molecule has 8 heteroatoms. The highest BCUT2D eigenvalue weighted by Gasteiger charge is 2.20. The van der Waals surface area contributed by atoms with Crippen molar-refractivity contribution in [3.05, 3.63) is 48.0 Å². The molecule has 0 atom stereocenters. The van der Waals surface area contributed by atoms with Crippen LogP contribution >= 0.6 is 11.7 Å². The van der Waals surface area contributed by atoms with E-state index in [0.717, 1.165) is 11.7 Å². The van der Waals surface area contributed by atoms with Crippen molar-refractivity contribution in [2.75, 3.05) is 4.72 Å². The summed E-state index contributed by atoms with van der Waals surface area (Å²) in [6.45, 7) is -0.249. The maximum absolute atomic E-state index is 12.5. The van der Waals surface area contributed by atoms with Crippen molar-refractivity contribution in [3.8, 4) is 0 Å². The van der Waals surface area contributed by atoms with E-state index >= 15 is 0 Å². The number of nitrogens with zero attached hydrogens (tertiary/aromatic N) is 2. The van der Waals surface area contributed by atoms with Crippen LogP contribution in [0.15, 0.2) is 47.4 Å². The summed E-state index contributed by atoms with van der Waals surface area (Å²) >= 11 is 0.965. The number of aromatic nitrogens is 2. The molecular weight excluding hydrogens is 310 g/mol. The largest absolute Gasteiger partial charge is 0.392 e. The molecule has 108 valence electrons. The second-order valence-electron chi connectivity index (χ2n) is 4.31. The van der Waals surface area contributed by atoms with Crippen LogP contribution in [0.5, 0.6) is 0 Å². The Labute approximate surface area is 125 Å². The van der Waals surface area contributed by atoms with Gasteiger partial charge < -0.3 is 5.11 Å². The van der Waals surface area contributed by atoms with Crippen molar-refractivity contribution in [1.29, 1.82) is 0 Å². The fourth-order valence-electron chi connectivity index (χ4n) is 1.96. The third kappa shape index (κ3) is 2.60. The van der Waals surface area contributed by atoms with E-state index in [4.69, 9.17) is 0 Å². The number of nitrogens with one attached hydrogen (secondary N) is 1. The van der Waals surface area contributed by atoms with E-state index in [1.165, 1.54) is 6.07 Å². The number of sulfonamides is 1. The average Bonchev–Trinajstić information content (AvgIpc) is 2.95. The molecule has 3 aromatic rings. The van der Waals surface area contributed by atoms with Crippen LogP contribution in [0.4, 0.5) is 5.69 Å². The van der Waals surface area contributed by atoms with Crippen LogP contribution < -0.4 is 4.72 Å². The molecule has 2 aromatic carbocycles. The van der Waals surface area contributed by atoms with Gasteiger partial charge in [0.1, 0.15) is 15.9 Å². The number of para-hydroxylation sites is 1. The van der Waals surface area contributed by atoms with Crippen molar-refractivity contribution in [2.24, 2.45) is 0 Å². The third-order valence-corrected chi connectivity index (χ3v) is 4.91. The average molecular weight is 321 g/mol. The molecule has 0 saturated carbocycles. The molecular formula is C13H11N3O3S2. The number of aliphatic hydroxyl groups is 1. The zero-order chi connectivity index (χ0) is 14.9. The van der Waals surface area contributed by atoms with Crippen LogP contribution in [0.3, 0.4) is 0 Å². The molecule has 0 aliphatic heterocycles. The summed E-state index contributed by atoms with van der Waals surface area (Å²) in [5.41, 5.74) is 1.74. The van der Waals surface area contributed by atoms with Crippen LogP contribution in [-0.4, -0.2) is 22.3 Å². The minimum atomic E-state index is -3.80. The van der Waals surface area contributed by atoms with Crippen molar-refractivity contribution in [3.63, 3.8) is 0 Å². The summed E-state index contributed by atoms with van der Waals surface area (Å²) in [7, 11) is -3.80. The molecule has 2 N–H and O–H groups in total. The van der Waals surface area contributed by atoms with E-state index in [-0.39, 0.29) is 11.5 Å². The van der Waals surface area contributed by atoms with Crippen LogP contribution in [0, 0.1) is 0 Å². The second kappa shape index (κ2) is 5.40. The molecule has 6 nitrogen and oxygen atoms in total. The first-order valence-corrected chi connectivity index (χ1v) is 8.26. The smallest absolute Gasteiger partial charge is 0.264 e. The first kappa shape index (κ1) is 13.9. The highest BCUT2D eigenvalue weighted by molar-refractivity contribution is 7.93. The normalized spacial score (nSPS) is 11.7. The molecule has 0 unspecified atom stereocenters. The van der Waals surface area contributed by atoms with Gasteiger partial charge >= 0.3 is 0 Å². The molecule has 0 spiro atoms. The van der Waals surface area contributed by atoms with Gasteiger partial charge in [-0.1, -0.05) is 24.3 Å². The standard InChI is InChI=1S/C13H11N3O3S2/c17-8-9-4-1-2-5-10(9)16-21(18,19)12-7-3-6-11-13(12)15-20-14-11/h1-7,16-17H,8H2. The lowest BCUT2D eigenvalue weighted by molar-refractivity contribution is 0.282. The fourth-order valence-corrected chi connectivity index (χ4v) is 3.82. The van der Waals surface area contributed by atoms with Gasteiger partial charge in [-0.15, -0.1) is 0 Å². The van der Waals surface area contributed by atoms with E-state index < -0.39 is 10.0 Å². The highest BCUT2D eigenvalue weighted by Crippen LogP contribution is 2.25. The van der Waals surface area contributed by atoms with E-state index in [0.29, 0.717) is 22.3 Å². The quantitative estimate of drug-likeness (QED) is 0.766. The summed E-state index contributed by atoms with van der Waals surface area (Å²) in [6, 6.07) is 11.5. The number of aliphatic hydroxyl groups excluding tert-OH is 1. The molecule has 3 rings (SSSR count). The first-order chi connectivity index (χ1) is 10.1. The van der Waals surface area contributed by atoms with Gasteiger partial charge in [0.05, 0.1) is 24.0 Å². The summed E-state index contributed by atoms with van der Waals surface area (Å²) < 4.78 is 35.6. The molecule has 0 saturated heterocycles. The van der Waals surface area contributed by atoms with Crippen LogP contribution in [0.25, 0.3) is 11.0 Å². The zero-order valence-corrected chi connectivity index (χ0v) is 12.4. The number of rotatable bonds is 4. The Morgan fingerprint density at radius 2 is 1.90 bits per heavy atom. The Morgan fingerprint density at radius 3 is 2.71 bits per heavy atom. The maximum Gasteiger partial charge on any atom is 0.264 e. The SMILES string of the molecule is O=S(=O)(Nc1ccccc1CO)c1cccc2nsnc12. The number of benzene rings is 2. The van der Waals surface area contributed by atoms with Gasteiger partial charge in [0.15, 0.2) is 0 Å². The highest BCUT2D eigenvalue weighted by atomic mass is 32.2. The first-order valence-electron chi connectivity index (χ1n) is 6.05. The zero-order valence-electron chi connectivity index (χ0n) is 10.7. The van der Waals surface area contributed by atoms with Crippen LogP contribution in [-0.2, 0) is 16.6 Å². The molecule has 0 amide bonds. The van der Waals surface area contributed by atoms with E-state index in [1.807, 2.05) is 0 Å². The van der Waals surface area contributed by atoms with E-state index in [2.05, 4.69) is 13.5 Å². The van der Waals surface area contributed by atoms with E-state index in [9.17, 15) is 13.5 Å². The molecule has 1 aromatic heterocycles. The third-order valence-electron chi connectivity index (χ3n) is 2.97. The monoisotopic (exact) mass is 321 g/mol. The van der Waals surface area contributed by atoms with Gasteiger partial charge in [0.2, 0.25) is 0 Å². The predicted molar refractivity (Wildman–Crippen MR) is 80.6 cm³/mol. The summed E-state index contributed by atoms with van der Waals surface area (Å²) in [4.78, 5) is 0.0708. The molecule has 0 fully saturated rings. The molecule has 0 bridgehead atoms. The Bertz CT molecular complexity index is 890. The molecule has 0 radical (unpaired) electrons. The van der Waals surface area contributed by atoms with Gasteiger partial charge in [-0.2, -0.15) is 8.75 Å². The van der Waals surface area contributed by atoms with Crippen molar-refractivity contribution in [2.45, 2.75) is 11.5 Å². The van der Waals surface area contributed by atoms with Crippen LogP contribution in [0.1, 0.15) is 5.56 Å². The lowest BCUT2D eigenvalue weighted by atomic mass is 10.2. The molecule has 21 heavy (non-hydrogen) atoms. The minimum absolute atomic E-state index is 0.0708. The van der Waals surface area contributed by atoms with Crippen molar-refractivity contribution < 1.29 is 13.5 Å². The van der Waals surface area contributed by atoms with Crippen molar-refractivity contribution >= 4 is 38.5 Å². The van der Waals surface area contributed by atoms with Gasteiger partial charge in [-0.3, -0.25) is 4.72 Å². The summed E-state index contributed by atoms with van der Waals surface area (Å²) in [5.74, 6) is 0. The Morgan fingerprint density at radius 1 is 1.10 bits per heavy atom. The lowest BCUT2D eigenvalue weighted by Gasteiger charge is -2.11. The lowest BCUT2D eigenvalue weighted by Crippen LogP contribution is -2.14. The second-order valence-corrected chi connectivity index (χ2v) is 6.49.